The number of H-pyrrole nitrogens is 1. The topological polar surface area (TPSA) is 111 Å². The summed E-state index contributed by atoms with van der Waals surface area (Å²) < 4.78 is 40.7. The minimum atomic E-state index is -4.49. The monoisotopic (exact) mass is 463 g/mol. The molecule has 1 aliphatic heterocycles. The van der Waals surface area contributed by atoms with Crippen molar-refractivity contribution in [1.82, 2.24) is 20.0 Å². The zero-order valence-corrected chi connectivity index (χ0v) is 17.6. The van der Waals surface area contributed by atoms with Gasteiger partial charge in [0.15, 0.2) is 0 Å². The first kappa shape index (κ1) is 21.3. The maximum atomic E-state index is 13.4. The molecule has 1 atom stereocenters. The molecule has 3 N–H and O–H groups in total. The Morgan fingerprint density at radius 3 is 2.65 bits per heavy atom. The smallest absolute Gasteiger partial charge is 0.343 e. The van der Waals surface area contributed by atoms with Gasteiger partial charge in [-0.25, -0.2) is 4.68 Å². The summed E-state index contributed by atoms with van der Waals surface area (Å²) >= 11 is 0. The zero-order valence-electron chi connectivity index (χ0n) is 17.6. The number of alkyl halides is 3. The van der Waals surface area contributed by atoms with Crippen molar-refractivity contribution in [2.75, 3.05) is 10.6 Å². The highest BCUT2D eigenvalue weighted by Crippen LogP contribution is 2.39. The number of nitrogens with one attached hydrogen (secondary N) is 3. The van der Waals surface area contributed by atoms with Gasteiger partial charge in [0.05, 0.1) is 29.0 Å². The van der Waals surface area contributed by atoms with Gasteiger partial charge in [-0.3, -0.25) is 9.89 Å². The SMILES string of the molecule is CC1=C(C(=O)Nc2ccc3[nH]ncc3c2)C(c2ccc(C(F)(F)F)cc2)n2ncc(C#N)c2N1. The van der Waals surface area contributed by atoms with E-state index in [0.29, 0.717) is 22.8 Å². The molecule has 1 aliphatic rings. The Kier molecular flexibility index (Phi) is 4.86. The molecule has 2 aromatic carbocycles. The summed E-state index contributed by atoms with van der Waals surface area (Å²) in [5.74, 6) is -0.0985. The number of allylic oxidation sites excluding steroid dienone is 1. The predicted octanol–water partition coefficient (Wildman–Crippen LogP) is 4.58. The van der Waals surface area contributed by atoms with E-state index in [4.69, 9.17) is 0 Å². The van der Waals surface area contributed by atoms with Crippen LogP contribution in [0.2, 0.25) is 0 Å². The van der Waals surface area contributed by atoms with E-state index in [1.54, 1.807) is 31.3 Å². The molecule has 0 radical (unpaired) electrons. The fourth-order valence-electron chi connectivity index (χ4n) is 4.01. The number of fused-ring (bicyclic) bond motifs is 2. The lowest BCUT2D eigenvalue weighted by molar-refractivity contribution is -0.137. The van der Waals surface area contributed by atoms with Crippen molar-refractivity contribution < 1.29 is 18.0 Å². The summed E-state index contributed by atoms with van der Waals surface area (Å²) in [4.78, 5) is 13.4. The van der Waals surface area contributed by atoms with Crippen LogP contribution in [0.4, 0.5) is 24.7 Å². The third kappa shape index (κ3) is 3.55. The number of aromatic nitrogens is 4. The Balaban J connectivity index is 1.57. The average Bonchev–Trinajstić information content (AvgIpc) is 3.43. The second kappa shape index (κ2) is 7.77. The zero-order chi connectivity index (χ0) is 24.0. The lowest BCUT2D eigenvalue weighted by Gasteiger charge is -2.30. The minimum Gasteiger partial charge on any atom is -0.343 e. The van der Waals surface area contributed by atoms with E-state index in [9.17, 15) is 23.2 Å². The van der Waals surface area contributed by atoms with Crippen molar-refractivity contribution >= 4 is 28.3 Å². The molecule has 11 heteroatoms. The number of benzene rings is 2. The van der Waals surface area contributed by atoms with Crippen LogP contribution in [-0.2, 0) is 11.0 Å². The number of nitrogens with zero attached hydrogens (tertiary/aromatic N) is 4. The van der Waals surface area contributed by atoms with Gasteiger partial charge in [0.2, 0.25) is 0 Å². The highest BCUT2D eigenvalue weighted by Gasteiger charge is 2.35. The highest BCUT2D eigenvalue weighted by molar-refractivity contribution is 6.06. The molecule has 5 rings (SSSR count). The second-order valence-corrected chi connectivity index (χ2v) is 7.78. The van der Waals surface area contributed by atoms with Crippen molar-refractivity contribution in [3.8, 4) is 6.07 Å². The fraction of sp³-hybridized carbons (Fsp3) is 0.130. The lowest BCUT2D eigenvalue weighted by atomic mass is 9.93. The molecule has 3 heterocycles. The molecular weight excluding hydrogens is 447 g/mol. The molecular formula is C23H16F3N7O. The summed E-state index contributed by atoms with van der Waals surface area (Å²) in [6, 6.07) is 11.0. The van der Waals surface area contributed by atoms with Gasteiger partial charge in [0.1, 0.15) is 23.5 Å². The minimum absolute atomic E-state index is 0.251. The van der Waals surface area contributed by atoms with Crippen molar-refractivity contribution in [3.05, 3.63) is 82.8 Å². The molecule has 0 saturated carbocycles. The molecule has 1 unspecified atom stereocenters. The van der Waals surface area contributed by atoms with Crippen molar-refractivity contribution in [1.29, 1.82) is 5.26 Å². The molecule has 0 saturated heterocycles. The fourth-order valence-corrected chi connectivity index (χ4v) is 4.01. The number of anilines is 2. The Bertz CT molecular complexity index is 1490. The van der Waals surface area contributed by atoms with Gasteiger partial charge in [0, 0.05) is 16.8 Å². The Morgan fingerprint density at radius 1 is 1.18 bits per heavy atom. The van der Waals surface area contributed by atoms with Crippen molar-refractivity contribution in [2.24, 2.45) is 0 Å². The van der Waals surface area contributed by atoms with Gasteiger partial charge >= 0.3 is 6.18 Å². The Labute approximate surface area is 190 Å². The number of halogens is 3. The molecule has 34 heavy (non-hydrogen) atoms. The van der Waals surface area contributed by atoms with Gasteiger partial charge in [-0.2, -0.15) is 28.6 Å². The number of aromatic amines is 1. The van der Waals surface area contributed by atoms with Gasteiger partial charge in [0.25, 0.3) is 5.91 Å². The first-order valence-electron chi connectivity index (χ1n) is 10.1. The summed E-state index contributed by atoms with van der Waals surface area (Å²) in [6.45, 7) is 1.67. The summed E-state index contributed by atoms with van der Waals surface area (Å²) in [5.41, 5.74) is 1.90. The van der Waals surface area contributed by atoms with Crippen LogP contribution in [0.3, 0.4) is 0 Å². The van der Waals surface area contributed by atoms with Crippen LogP contribution in [0.5, 0.6) is 0 Å². The predicted molar refractivity (Wildman–Crippen MR) is 118 cm³/mol. The summed E-state index contributed by atoms with van der Waals surface area (Å²) in [6.07, 6.45) is -1.52. The third-order valence-corrected chi connectivity index (χ3v) is 5.64. The summed E-state index contributed by atoms with van der Waals surface area (Å²) in [5, 5.41) is 27.1. The maximum Gasteiger partial charge on any atom is 0.416 e. The van der Waals surface area contributed by atoms with E-state index >= 15 is 0 Å². The molecule has 0 bridgehead atoms. The highest BCUT2D eigenvalue weighted by atomic mass is 19.4. The number of hydrogen-bond donors (Lipinski definition) is 3. The Morgan fingerprint density at radius 2 is 1.94 bits per heavy atom. The lowest BCUT2D eigenvalue weighted by Crippen LogP contribution is -2.31. The van der Waals surface area contributed by atoms with Crippen LogP contribution < -0.4 is 10.6 Å². The van der Waals surface area contributed by atoms with Gasteiger partial charge in [-0.05, 0) is 42.8 Å². The number of carbonyl (C=O) groups excluding carboxylic acids is 1. The van der Waals surface area contributed by atoms with E-state index in [1.165, 1.54) is 23.0 Å². The molecule has 0 fully saturated rings. The molecule has 2 aromatic heterocycles. The first-order chi connectivity index (χ1) is 16.3. The number of amides is 1. The molecule has 1 amide bonds. The number of hydrogen-bond acceptors (Lipinski definition) is 5. The summed E-state index contributed by atoms with van der Waals surface area (Å²) in [7, 11) is 0. The van der Waals surface area contributed by atoms with Gasteiger partial charge in [-0.15, -0.1) is 0 Å². The molecule has 170 valence electrons. The van der Waals surface area contributed by atoms with Crippen molar-refractivity contribution in [2.45, 2.75) is 19.1 Å². The van der Waals surface area contributed by atoms with Crippen LogP contribution in [0.1, 0.15) is 29.7 Å². The molecule has 8 nitrogen and oxygen atoms in total. The van der Waals surface area contributed by atoms with E-state index < -0.39 is 23.7 Å². The van der Waals surface area contributed by atoms with E-state index in [0.717, 1.165) is 23.0 Å². The standard InChI is InChI=1S/C23H16F3N7O/c1-12-19(22(34)31-17-6-7-18-14(8-17)10-28-32-18)20(33-21(30-12)15(9-27)11-29-33)13-2-4-16(5-3-13)23(24,25)26/h2-8,10-11,20,30H,1H3,(H,28,32)(H,31,34). The number of carbonyl (C=O) groups is 1. The van der Waals surface area contributed by atoms with Crippen LogP contribution in [0.25, 0.3) is 10.9 Å². The van der Waals surface area contributed by atoms with Crippen LogP contribution in [0, 0.1) is 11.3 Å². The number of rotatable bonds is 3. The largest absolute Gasteiger partial charge is 0.416 e. The second-order valence-electron chi connectivity index (χ2n) is 7.78. The van der Waals surface area contributed by atoms with Gasteiger partial charge < -0.3 is 10.6 Å². The molecule has 0 aliphatic carbocycles. The van der Waals surface area contributed by atoms with E-state index in [2.05, 4.69) is 25.9 Å². The van der Waals surface area contributed by atoms with Crippen molar-refractivity contribution in [3.63, 3.8) is 0 Å². The third-order valence-electron chi connectivity index (χ3n) is 5.64. The van der Waals surface area contributed by atoms with Crippen LogP contribution >= 0.6 is 0 Å². The first-order valence-corrected chi connectivity index (χ1v) is 10.1. The molecule has 4 aromatic rings. The van der Waals surface area contributed by atoms with E-state index in [-0.39, 0.29) is 11.1 Å². The van der Waals surface area contributed by atoms with E-state index in [1.807, 2.05) is 6.07 Å². The average molecular weight is 463 g/mol. The quantitative estimate of drug-likeness (QED) is 0.412. The normalized spacial score (nSPS) is 15.6. The number of nitriles is 1. The maximum absolute atomic E-state index is 13.4. The van der Waals surface area contributed by atoms with Crippen LogP contribution in [-0.4, -0.2) is 25.9 Å². The van der Waals surface area contributed by atoms with Crippen LogP contribution in [0.15, 0.2) is 66.1 Å². The Hall–Kier alpha value is -4.59. The van der Waals surface area contributed by atoms with Gasteiger partial charge in [-0.1, -0.05) is 12.1 Å². The molecule has 0 spiro atoms.